The van der Waals surface area contributed by atoms with E-state index in [1.54, 1.807) is 17.7 Å². The normalized spacial score (nSPS) is 16.8. The second kappa shape index (κ2) is 10.1. The third-order valence-corrected chi connectivity index (χ3v) is 7.87. The predicted molar refractivity (Wildman–Crippen MR) is 146 cm³/mol. The highest BCUT2D eigenvalue weighted by molar-refractivity contribution is 5.99. The van der Waals surface area contributed by atoms with Gasteiger partial charge in [-0.3, -0.25) is 18.8 Å². The Morgan fingerprint density at radius 2 is 1.79 bits per heavy atom. The van der Waals surface area contributed by atoms with E-state index in [1.165, 1.54) is 6.92 Å². The van der Waals surface area contributed by atoms with Gasteiger partial charge in [-0.25, -0.2) is 9.97 Å². The zero-order valence-corrected chi connectivity index (χ0v) is 21.8. The molecule has 4 aromatic heterocycles. The number of nitrogens with one attached hydrogen (secondary N) is 2. The van der Waals surface area contributed by atoms with Crippen LogP contribution in [0, 0.1) is 6.92 Å². The molecule has 1 saturated carbocycles. The number of Topliss-reactive ketones (excluding diaryl/α,β-unsaturated/α-hetero) is 1. The van der Waals surface area contributed by atoms with Gasteiger partial charge in [0.25, 0.3) is 5.56 Å². The van der Waals surface area contributed by atoms with E-state index in [0.29, 0.717) is 29.0 Å². The fraction of sp³-hybridized carbons (Fsp3) is 0.429. The van der Waals surface area contributed by atoms with Crippen molar-refractivity contribution in [1.82, 2.24) is 34.6 Å². The molecule has 5 heterocycles. The van der Waals surface area contributed by atoms with Gasteiger partial charge in [-0.15, -0.1) is 0 Å². The Morgan fingerprint density at radius 3 is 2.50 bits per heavy atom. The van der Waals surface area contributed by atoms with E-state index in [9.17, 15) is 9.59 Å². The molecule has 1 saturated heterocycles. The minimum atomic E-state index is -0.258. The van der Waals surface area contributed by atoms with Gasteiger partial charge in [0.1, 0.15) is 11.5 Å². The summed E-state index contributed by atoms with van der Waals surface area (Å²) in [5.41, 5.74) is 3.18. The predicted octanol–water partition coefficient (Wildman–Crippen LogP) is 4.34. The van der Waals surface area contributed by atoms with Crippen LogP contribution in [-0.2, 0) is 0 Å². The highest BCUT2D eigenvalue weighted by Crippen LogP contribution is 2.32. The molecular weight excluding hydrogens is 480 g/mol. The molecule has 2 fully saturated rings. The van der Waals surface area contributed by atoms with E-state index >= 15 is 0 Å². The first-order chi connectivity index (χ1) is 18.5. The number of piperidine rings is 1. The number of fused-ring (bicyclic) bond motifs is 1. The lowest BCUT2D eigenvalue weighted by molar-refractivity contribution is 0.101. The van der Waals surface area contributed by atoms with Crippen molar-refractivity contribution in [2.24, 2.45) is 0 Å². The average molecular weight is 513 g/mol. The fourth-order valence-electron chi connectivity index (χ4n) is 5.82. The van der Waals surface area contributed by atoms with E-state index < -0.39 is 0 Å². The lowest BCUT2D eigenvalue weighted by atomic mass is 10.0. The molecule has 4 aromatic rings. The first-order valence-corrected chi connectivity index (χ1v) is 13.4. The van der Waals surface area contributed by atoms with Gasteiger partial charge in [-0.1, -0.05) is 12.8 Å². The summed E-state index contributed by atoms with van der Waals surface area (Å²) in [6.45, 7) is 5.28. The van der Waals surface area contributed by atoms with Crippen molar-refractivity contribution in [2.45, 2.75) is 64.5 Å². The van der Waals surface area contributed by atoms with Crippen molar-refractivity contribution in [3.8, 4) is 11.1 Å². The Kier molecular flexibility index (Phi) is 6.49. The van der Waals surface area contributed by atoms with Gasteiger partial charge < -0.3 is 10.6 Å². The number of anilines is 2. The maximum Gasteiger partial charge on any atom is 0.263 e. The monoisotopic (exact) mass is 512 g/mol. The van der Waals surface area contributed by atoms with E-state index in [4.69, 9.17) is 4.98 Å². The molecule has 10 nitrogen and oxygen atoms in total. The Hall–Kier alpha value is -3.92. The van der Waals surface area contributed by atoms with Gasteiger partial charge in [0.05, 0.1) is 17.8 Å². The van der Waals surface area contributed by atoms with Crippen LogP contribution in [0.5, 0.6) is 0 Å². The number of rotatable bonds is 6. The minimum absolute atomic E-state index is 0.0367. The molecule has 0 radical (unpaired) electrons. The smallest absolute Gasteiger partial charge is 0.263 e. The number of aryl methyl sites for hydroxylation is 1. The summed E-state index contributed by atoms with van der Waals surface area (Å²) in [5.74, 6) is 0.734. The molecule has 0 amide bonds. The number of hydrogen-bond donors (Lipinski definition) is 2. The van der Waals surface area contributed by atoms with Gasteiger partial charge in [0.2, 0.25) is 5.95 Å². The summed E-state index contributed by atoms with van der Waals surface area (Å²) in [7, 11) is 0. The molecule has 1 aliphatic heterocycles. The SMILES string of the molecule is CC(=O)c1c(C)c2cnc(Nc3ccc(-c4cnn(C5CCNCC5)c4)cn3)nc2n(C2CCCC2)c1=O. The fourth-order valence-corrected chi connectivity index (χ4v) is 5.82. The van der Waals surface area contributed by atoms with Crippen LogP contribution in [0.15, 0.2) is 41.7 Å². The lowest BCUT2D eigenvalue weighted by Gasteiger charge is -2.22. The van der Waals surface area contributed by atoms with Crippen molar-refractivity contribution >= 4 is 28.6 Å². The molecular formula is C28H32N8O2. The van der Waals surface area contributed by atoms with Crippen molar-refractivity contribution in [3.05, 3.63) is 58.4 Å². The standard InChI is InChI=1S/C28H32N8O2/c1-17-23-15-31-28(34-26(23)36(22-5-3-4-6-22)27(38)25(17)18(2)37)33-24-8-7-19(13-30-24)20-14-32-35(16-20)21-9-11-29-12-10-21/h7-8,13-16,21-22,29H,3-6,9-12H2,1-2H3,(H,30,31,33,34). The van der Waals surface area contributed by atoms with Crippen LogP contribution >= 0.6 is 0 Å². The van der Waals surface area contributed by atoms with Crippen molar-refractivity contribution < 1.29 is 4.79 Å². The summed E-state index contributed by atoms with van der Waals surface area (Å²) in [6, 6.07) is 4.35. The first-order valence-electron chi connectivity index (χ1n) is 13.4. The quantitative estimate of drug-likeness (QED) is 0.366. The first kappa shape index (κ1) is 24.4. The highest BCUT2D eigenvalue weighted by atomic mass is 16.1. The molecule has 0 bridgehead atoms. The number of nitrogens with zero attached hydrogens (tertiary/aromatic N) is 6. The Labute approximate surface area is 220 Å². The van der Waals surface area contributed by atoms with Crippen molar-refractivity contribution in [3.63, 3.8) is 0 Å². The van der Waals surface area contributed by atoms with Crippen molar-refractivity contribution in [1.29, 1.82) is 0 Å². The number of ketones is 1. The van der Waals surface area contributed by atoms with Crippen LogP contribution in [-0.4, -0.2) is 48.2 Å². The summed E-state index contributed by atoms with van der Waals surface area (Å²) >= 11 is 0. The third-order valence-electron chi connectivity index (χ3n) is 7.87. The largest absolute Gasteiger partial charge is 0.317 e. The number of pyridine rings is 2. The molecule has 2 aliphatic rings. The number of carbonyl (C=O) groups excluding carboxylic acids is 1. The summed E-state index contributed by atoms with van der Waals surface area (Å²) < 4.78 is 3.78. The molecule has 38 heavy (non-hydrogen) atoms. The second-order valence-electron chi connectivity index (χ2n) is 10.3. The molecule has 196 valence electrons. The maximum absolute atomic E-state index is 13.4. The van der Waals surface area contributed by atoms with E-state index in [-0.39, 0.29) is 22.9 Å². The van der Waals surface area contributed by atoms with Crippen LogP contribution in [0.2, 0.25) is 0 Å². The Balaban J connectivity index is 1.29. The summed E-state index contributed by atoms with van der Waals surface area (Å²) in [5, 5.41) is 11.9. The molecule has 0 aromatic carbocycles. The summed E-state index contributed by atoms with van der Waals surface area (Å²) in [6.07, 6.45) is 13.6. The number of aromatic nitrogens is 6. The molecule has 2 N–H and O–H groups in total. The third kappa shape index (κ3) is 4.49. The zero-order chi connectivity index (χ0) is 26.2. The number of hydrogen-bond acceptors (Lipinski definition) is 8. The molecule has 0 spiro atoms. The van der Waals surface area contributed by atoms with Crippen LogP contribution in [0.1, 0.15) is 73.5 Å². The van der Waals surface area contributed by atoms with E-state index in [2.05, 4.69) is 36.6 Å². The van der Waals surface area contributed by atoms with Gasteiger partial charge in [-0.2, -0.15) is 10.1 Å². The highest BCUT2D eigenvalue weighted by Gasteiger charge is 2.26. The lowest BCUT2D eigenvalue weighted by Crippen LogP contribution is -2.30. The van der Waals surface area contributed by atoms with Crippen LogP contribution < -0.4 is 16.2 Å². The second-order valence-corrected chi connectivity index (χ2v) is 10.3. The molecule has 6 rings (SSSR count). The van der Waals surface area contributed by atoms with Gasteiger partial charge >= 0.3 is 0 Å². The van der Waals surface area contributed by atoms with Gasteiger partial charge in [0.15, 0.2) is 5.78 Å². The summed E-state index contributed by atoms with van der Waals surface area (Å²) in [4.78, 5) is 39.6. The minimum Gasteiger partial charge on any atom is -0.317 e. The van der Waals surface area contributed by atoms with Crippen LogP contribution in [0.25, 0.3) is 22.2 Å². The number of carbonyl (C=O) groups is 1. The van der Waals surface area contributed by atoms with E-state index in [1.807, 2.05) is 24.5 Å². The van der Waals surface area contributed by atoms with Crippen LogP contribution in [0.3, 0.4) is 0 Å². The Morgan fingerprint density at radius 1 is 1.00 bits per heavy atom. The van der Waals surface area contributed by atoms with Crippen molar-refractivity contribution in [2.75, 3.05) is 18.4 Å². The van der Waals surface area contributed by atoms with Crippen LogP contribution in [0.4, 0.5) is 11.8 Å². The zero-order valence-electron chi connectivity index (χ0n) is 21.8. The van der Waals surface area contributed by atoms with Gasteiger partial charge in [-0.05, 0) is 70.3 Å². The topological polar surface area (TPSA) is 120 Å². The molecule has 10 heteroatoms. The average Bonchev–Trinajstić information content (AvgIpc) is 3.63. The molecule has 0 unspecified atom stereocenters. The van der Waals surface area contributed by atoms with Gasteiger partial charge in [0, 0.05) is 41.1 Å². The Bertz CT molecular complexity index is 1540. The molecule has 1 aliphatic carbocycles. The van der Waals surface area contributed by atoms with E-state index in [0.717, 1.165) is 68.1 Å². The molecule has 0 atom stereocenters. The maximum atomic E-state index is 13.4.